The maximum absolute atomic E-state index is 5.95. The molecule has 0 aliphatic carbocycles. The van der Waals surface area contributed by atoms with Gasteiger partial charge in [0.05, 0.1) is 0 Å². The van der Waals surface area contributed by atoms with Crippen LogP contribution >= 0.6 is 23.2 Å². The molecule has 13 heavy (non-hydrogen) atoms. The molecule has 1 aromatic heterocycles. The van der Waals surface area contributed by atoms with E-state index >= 15 is 0 Å². The molecule has 0 saturated carbocycles. The molecule has 1 aromatic carbocycles. The number of rotatable bonds is 0. The standard InChI is InChI=1S/C8H3Cl2N2Se/c9-4-1-5-7(6(10)2-4)11-3-12-8(5)13/h1-3H. The van der Waals surface area contributed by atoms with Crippen molar-refractivity contribution >= 4 is 54.7 Å². The first kappa shape index (κ1) is 9.22. The first-order chi connectivity index (χ1) is 6.18. The number of benzene rings is 1. The molecule has 2 rings (SSSR count). The zero-order chi connectivity index (χ0) is 9.42. The van der Waals surface area contributed by atoms with E-state index in [2.05, 4.69) is 26.0 Å². The fourth-order valence-corrected chi connectivity index (χ4v) is 2.04. The molecule has 65 valence electrons. The third kappa shape index (κ3) is 1.65. The van der Waals surface area contributed by atoms with Gasteiger partial charge in [-0.25, -0.2) is 0 Å². The Balaban J connectivity index is 2.94. The van der Waals surface area contributed by atoms with Crippen molar-refractivity contribution in [3.8, 4) is 0 Å². The van der Waals surface area contributed by atoms with Crippen molar-refractivity contribution in [2.24, 2.45) is 0 Å². The number of fused-ring (bicyclic) bond motifs is 1. The van der Waals surface area contributed by atoms with Gasteiger partial charge >= 0.3 is 93.2 Å². The predicted molar refractivity (Wildman–Crippen MR) is 54.9 cm³/mol. The van der Waals surface area contributed by atoms with Crippen LogP contribution < -0.4 is 4.59 Å². The first-order valence-electron chi connectivity index (χ1n) is 3.45. The summed E-state index contributed by atoms with van der Waals surface area (Å²) in [7, 11) is 0. The molecule has 0 fully saturated rings. The third-order valence-electron chi connectivity index (χ3n) is 1.62. The average molecular weight is 277 g/mol. The second-order valence-electron chi connectivity index (χ2n) is 2.46. The summed E-state index contributed by atoms with van der Waals surface area (Å²) in [5.41, 5.74) is 0.717. The summed E-state index contributed by atoms with van der Waals surface area (Å²) in [4.78, 5) is 8.07. The summed E-state index contributed by atoms with van der Waals surface area (Å²) >= 11 is 14.6. The van der Waals surface area contributed by atoms with E-state index in [0.29, 0.717) is 10.0 Å². The van der Waals surface area contributed by atoms with Crippen LogP contribution in [0.2, 0.25) is 10.0 Å². The summed E-state index contributed by atoms with van der Waals surface area (Å²) in [5.74, 6) is 0. The van der Waals surface area contributed by atoms with Crippen LogP contribution in [-0.2, 0) is 0 Å². The van der Waals surface area contributed by atoms with E-state index in [1.165, 1.54) is 6.33 Å². The number of aromatic nitrogens is 2. The van der Waals surface area contributed by atoms with Gasteiger partial charge in [0.25, 0.3) is 0 Å². The van der Waals surface area contributed by atoms with Gasteiger partial charge in [-0.3, -0.25) is 0 Å². The Kier molecular flexibility index (Phi) is 2.43. The van der Waals surface area contributed by atoms with E-state index in [-0.39, 0.29) is 0 Å². The van der Waals surface area contributed by atoms with Crippen LogP contribution in [0.25, 0.3) is 10.9 Å². The van der Waals surface area contributed by atoms with Crippen LogP contribution in [0.1, 0.15) is 0 Å². The Morgan fingerprint density at radius 2 is 1.92 bits per heavy atom. The molecule has 2 nitrogen and oxygen atoms in total. The quantitative estimate of drug-likeness (QED) is 0.685. The van der Waals surface area contributed by atoms with Crippen molar-refractivity contribution in [3.05, 3.63) is 28.5 Å². The van der Waals surface area contributed by atoms with Crippen LogP contribution in [0.15, 0.2) is 18.5 Å². The molecule has 0 saturated heterocycles. The molecule has 0 aliphatic rings. The number of hydrogen-bond acceptors (Lipinski definition) is 2. The van der Waals surface area contributed by atoms with Crippen molar-refractivity contribution < 1.29 is 0 Å². The van der Waals surface area contributed by atoms with Gasteiger partial charge in [-0.15, -0.1) is 0 Å². The molecule has 5 heteroatoms. The Morgan fingerprint density at radius 1 is 1.15 bits per heavy atom. The van der Waals surface area contributed by atoms with E-state index < -0.39 is 0 Å². The van der Waals surface area contributed by atoms with Crippen LogP contribution in [0.4, 0.5) is 0 Å². The Labute approximate surface area is 93.1 Å². The topological polar surface area (TPSA) is 25.8 Å². The normalized spacial score (nSPS) is 10.6. The molecule has 0 amide bonds. The Bertz CT molecular complexity index is 473. The van der Waals surface area contributed by atoms with Gasteiger partial charge in [-0.2, -0.15) is 0 Å². The fraction of sp³-hybridized carbons (Fsp3) is 0. The molecular formula is C8H3Cl2N2Se. The second-order valence-corrected chi connectivity index (χ2v) is 4.12. The van der Waals surface area contributed by atoms with Crippen molar-refractivity contribution in [1.29, 1.82) is 0 Å². The summed E-state index contributed by atoms with van der Waals surface area (Å²) < 4.78 is 0.759. The molecule has 1 heterocycles. The zero-order valence-corrected chi connectivity index (χ0v) is 9.52. The van der Waals surface area contributed by atoms with Gasteiger partial charge in [0, 0.05) is 0 Å². The molecular weight excluding hydrogens is 274 g/mol. The van der Waals surface area contributed by atoms with Gasteiger partial charge < -0.3 is 0 Å². The molecule has 2 aromatic rings. The summed E-state index contributed by atoms with van der Waals surface area (Å²) in [6, 6.07) is 3.45. The number of hydrogen-bond donors (Lipinski definition) is 0. The third-order valence-corrected chi connectivity index (χ3v) is 2.81. The van der Waals surface area contributed by atoms with Crippen LogP contribution in [0, 0.1) is 0 Å². The van der Waals surface area contributed by atoms with E-state index in [4.69, 9.17) is 23.2 Å². The average Bonchev–Trinajstić information content (AvgIpc) is 2.07. The number of nitrogens with zero attached hydrogens (tertiary/aromatic N) is 2. The van der Waals surface area contributed by atoms with Crippen molar-refractivity contribution in [1.82, 2.24) is 9.97 Å². The van der Waals surface area contributed by atoms with Gasteiger partial charge in [0.2, 0.25) is 0 Å². The van der Waals surface area contributed by atoms with E-state index in [1.54, 1.807) is 12.1 Å². The van der Waals surface area contributed by atoms with Crippen molar-refractivity contribution in [3.63, 3.8) is 0 Å². The van der Waals surface area contributed by atoms with E-state index in [1.807, 2.05) is 0 Å². The Hall–Kier alpha value is -0.341. The van der Waals surface area contributed by atoms with Crippen LogP contribution in [0.5, 0.6) is 0 Å². The summed E-state index contributed by atoms with van der Waals surface area (Å²) in [5, 5.41) is 1.98. The van der Waals surface area contributed by atoms with Crippen molar-refractivity contribution in [2.45, 2.75) is 0 Å². The van der Waals surface area contributed by atoms with Gasteiger partial charge in [-0.1, -0.05) is 0 Å². The SMILES string of the molecule is Clc1cc(Cl)c2ncnc([Se])c2c1. The van der Waals surface area contributed by atoms with E-state index in [0.717, 1.165) is 15.5 Å². The van der Waals surface area contributed by atoms with Crippen molar-refractivity contribution in [2.75, 3.05) is 0 Å². The zero-order valence-electron chi connectivity index (χ0n) is 6.29. The van der Waals surface area contributed by atoms with Gasteiger partial charge in [-0.05, 0) is 0 Å². The van der Waals surface area contributed by atoms with E-state index in [9.17, 15) is 0 Å². The number of halogens is 2. The van der Waals surface area contributed by atoms with Crippen LogP contribution in [0.3, 0.4) is 0 Å². The Morgan fingerprint density at radius 3 is 2.69 bits per heavy atom. The molecule has 0 N–H and O–H groups in total. The van der Waals surface area contributed by atoms with Gasteiger partial charge in [0.15, 0.2) is 0 Å². The van der Waals surface area contributed by atoms with Gasteiger partial charge in [0.1, 0.15) is 0 Å². The molecule has 0 spiro atoms. The molecule has 0 aliphatic heterocycles. The summed E-state index contributed by atoms with van der Waals surface area (Å²) in [6.07, 6.45) is 1.47. The minimum atomic E-state index is 0.543. The maximum atomic E-state index is 5.95. The fourth-order valence-electron chi connectivity index (χ4n) is 1.07. The second kappa shape index (κ2) is 3.43. The monoisotopic (exact) mass is 277 g/mol. The van der Waals surface area contributed by atoms with Crippen LogP contribution in [-0.4, -0.2) is 26.0 Å². The minimum absolute atomic E-state index is 0.543. The molecule has 0 atom stereocenters. The summed E-state index contributed by atoms with van der Waals surface area (Å²) in [6.45, 7) is 0. The predicted octanol–water partition coefficient (Wildman–Crippen LogP) is 1.73. The molecule has 0 unspecified atom stereocenters. The molecule has 0 bridgehead atoms. The molecule has 1 radical (unpaired) electrons. The first-order valence-corrected chi connectivity index (χ1v) is 5.06.